The summed E-state index contributed by atoms with van der Waals surface area (Å²) in [6, 6.07) is 12.0. The molecule has 5 N–H and O–H groups in total. The van der Waals surface area contributed by atoms with Crippen molar-refractivity contribution in [3.05, 3.63) is 60.2 Å². The number of rotatable bonds is 7. The van der Waals surface area contributed by atoms with Crippen molar-refractivity contribution in [1.82, 2.24) is 15.3 Å². The SMILES string of the molecule is CC(C)[C@H](Nc1nc(CNC(=O)Nc2ccccc2F)nc2ccccc12)C(N)=O. The highest BCUT2D eigenvalue weighted by atomic mass is 19.1. The van der Waals surface area contributed by atoms with Crippen LogP contribution in [0.4, 0.5) is 20.7 Å². The normalized spacial score (nSPS) is 11.9. The summed E-state index contributed by atoms with van der Waals surface area (Å²) in [5.74, 6) is -0.301. The minimum Gasteiger partial charge on any atom is -0.368 e. The van der Waals surface area contributed by atoms with Crippen molar-refractivity contribution in [2.75, 3.05) is 10.6 Å². The number of amides is 3. The number of fused-ring (bicyclic) bond motifs is 1. The topological polar surface area (TPSA) is 122 Å². The number of carbonyl (C=O) groups is 2. The monoisotopic (exact) mass is 410 g/mol. The van der Waals surface area contributed by atoms with Crippen molar-refractivity contribution >= 4 is 34.3 Å². The second-order valence-electron chi connectivity index (χ2n) is 7.06. The van der Waals surface area contributed by atoms with Gasteiger partial charge in [-0.05, 0) is 30.2 Å². The number of nitrogens with one attached hydrogen (secondary N) is 3. The van der Waals surface area contributed by atoms with Crippen molar-refractivity contribution in [1.29, 1.82) is 0 Å². The first kappa shape index (κ1) is 21.0. The number of benzene rings is 2. The Labute approximate surface area is 173 Å². The second kappa shape index (κ2) is 9.17. The molecule has 0 saturated heterocycles. The van der Waals surface area contributed by atoms with Gasteiger partial charge in [0.05, 0.1) is 17.7 Å². The Morgan fingerprint density at radius 2 is 1.77 bits per heavy atom. The summed E-state index contributed by atoms with van der Waals surface area (Å²) < 4.78 is 13.7. The average molecular weight is 410 g/mol. The van der Waals surface area contributed by atoms with Crippen LogP contribution in [0.5, 0.6) is 0 Å². The van der Waals surface area contributed by atoms with Crippen LogP contribution >= 0.6 is 0 Å². The van der Waals surface area contributed by atoms with Crippen LogP contribution < -0.4 is 21.7 Å². The van der Waals surface area contributed by atoms with Crippen molar-refractivity contribution in [3.63, 3.8) is 0 Å². The third-order valence-electron chi connectivity index (χ3n) is 4.44. The zero-order chi connectivity index (χ0) is 21.7. The van der Waals surface area contributed by atoms with Crippen molar-refractivity contribution in [2.45, 2.75) is 26.4 Å². The molecular weight excluding hydrogens is 387 g/mol. The van der Waals surface area contributed by atoms with E-state index in [1.807, 2.05) is 32.0 Å². The molecule has 1 atom stereocenters. The molecule has 0 aliphatic rings. The summed E-state index contributed by atoms with van der Waals surface area (Å²) in [4.78, 5) is 32.8. The van der Waals surface area contributed by atoms with Crippen molar-refractivity contribution in [3.8, 4) is 0 Å². The molecule has 156 valence electrons. The molecule has 30 heavy (non-hydrogen) atoms. The van der Waals surface area contributed by atoms with Crippen LogP contribution in [0, 0.1) is 11.7 Å². The summed E-state index contributed by atoms with van der Waals surface area (Å²) in [6.45, 7) is 3.76. The van der Waals surface area contributed by atoms with Crippen LogP contribution in [0.1, 0.15) is 19.7 Å². The Morgan fingerprint density at radius 1 is 1.07 bits per heavy atom. The predicted molar refractivity (Wildman–Crippen MR) is 113 cm³/mol. The predicted octanol–water partition coefficient (Wildman–Crippen LogP) is 3.01. The first-order valence-corrected chi connectivity index (χ1v) is 9.46. The van der Waals surface area contributed by atoms with Gasteiger partial charge >= 0.3 is 6.03 Å². The lowest BCUT2D eigenvalue weighted by molar-refractivity contribution is -0.119. The van der Waals surface area contributed by atoms with Crippen LogP contribution in [-0.2, 0) is 11.3 Å². The number of para-hydroxylation sites is 2. The summed E-state index contributed by atoms with van der Waals surface area (Å²) in [6.07, 6.45) is 0. The van der Waals surface area contributed by atoms with E-state index in [0.717, 1.165) is 5.39 Å². The van der Waals surface area contributed by atoms with E-state index in [0.29, 0.717) is 17.2 Å². The van der Waals surface area contributed by atoms with Crippen LogP contribution in [0.2, 0.25) is 0 Å². The molecule has 9 heteroatoms. The number of carbonyl (C=O) groups excluding carboxylic acids is 2. The molecular formula is C21H23FN6O2. The van der Waals surface area contributed by atoms with E-state index in [4.69, 9.17) is 5.73 Å². The Hall–Kier alpha value is -3.75. The van der Waals surface area contributed by atoms with E-state index in [-0.39, 0.29) is 18.2 Å². The molecule has 0 aliphatic carbocycles. The standard InChI is InChI=1S/C21H23FN6O2/c1-12(2)18(19(23)29)28-20-13-7-3-5-9-15(13)25-17(27-20)11-24-21(30)26-16-10-6-4-8-14(16)22/h3-10,12,18H,11H2,1-2H3,(H2,23,29)(H2,24,26,30)(H,25,27,28)/t18-/m0/s1. The van der Waals surface area contributed by atoms with E-state index in [2.05, 4.69) is 25.9 Å². The number of halogens is 1. The quantitative estimate of drug-likeness (QED) is 0.477. The molecule has 0 bridgehead atoms. The van der Waals surface area contributed by atoms with Crippen LogP contribution in [0.3, 0.4) is 0 Å². The fourth-order valence-electron chi connectivity index (χ4n) is 2.92. The number of aromatic nitrogens is 2. The van der Waals surface area contributed by atoms with E-state index in [1.165, 1.54) is 18.2 Å². The molecule has 0 saturated carbocycles. The van der Waals surface area contributed by atoms with Crippen LogP contribution in [0.25, 0.3) is 10.9 Å². The van der Waals surface area contributed by atoms with Crippen molar-refractivity contribution in [2.24, 2.45) is 11.7 Å². The maximum Gasteiger partial charge on any atom is 0.319 e. The molecule has 3 aromatic rings. The maximum atomic E-state index is 13.7. The Balaban J connectivity index is 1.80. The molecule has 0 spiro atoms. The van der Waals surface area contributed by atoms with Gasteiger partial charge in [0.15, 0.2) is 5.82 Å². The van der Waals surface area contributed by atoms with E-state index in [1.54, 1.807) is 12.1 Å². The maximum absolute atomic E-state index is 13.7. The molecule has 3 rings (SSSR count). The van der Waals surface area contributed by atoms with Gasteiger partial charge in [0.25, 0.3) is 0 Å². The molecule has 0 aliphatic heterocycles. The van der Waals surface area contributed by atoms with Gasteiger partial charge in [0.1, 0.15) is 17.7 Å². The van der Waals surface area contributed by atoms with Gasteiger partial charge in [0.2, 0.25) is 5.91 Å². The molecule has 0 radical (unpaired) electrons. The highest BCUT2D eigenvalue weighted by Crippen LogP contribution is 2.22. The molecule has 1 aromatic heterocycles. The third kappa shape index (κ3) is 4.99. The van der Waals surface area contributed by atoms with Gasteiger partial charge in [-0.1, -0.05) is 38.1 Å². The molecule has 2 aromatic carbocycles. The Bertz CT molecular complexity index is 1070. The van der Waals surface area contributed by atoms with Gasteiger partial charge in [-0.3, -0.25) is 4.79 Å². The number of hydrogen-bond acceptors (Lipinski definition) is 5. The van der Waals surface area contributed by atoms with Gasteiger partial charge in [0, 0.05) is 5.39 Å². The molecule has 0 unspecified atom stereocenters. The highest BCUT2D eigenvalue weighted by Gasteiger charge is 2.21. The first-order chi connectivity index (χ1) is 14.3. The van der Waals surface area contributed by atoms with Gasteiger partial charge in [-0.25, -0.2) is 19.2 Å². The first-order valence-electron chi connectivity index (χ1n) is 9.46. The molecule has 8 nitrogen and oxygen atoms in total. The number of nitrogens with zero attached hydrogens (tertiary/aromatic N) is 2. The van der Waals surface area contributed by atoms with Crippen LogP contribution in [0.15, 0.2) is 48.5 Å². The summed E-state index contributed by atoms with van der Waals surface area (Å²) in [7, 11) is 0. The van der Waals surface area contributed by atoms with Gasteiger partial charge < -0.3 is 21.7 Å². The van der Waals surface area contributed by atoms with E-state index < -0.39 is 23.8 Å². The number of anilines is 2. The summed E-state index contributed by atoms with van der Waals surface area (Å²) in [5, 5.41) is 8.86. The smallest absolute Gasteiger partial charge is 0.319 e. The molecule has 3 amide bonds. The van der Waals surface area contributed by atoms with Crippen LogP contribution in [-0.4, -0.2) is 27.9 Å². The Kier molecular flexibility index (Phi) is 6.41. The lowest BCUT2D eigenvalue weighted by atomic mass is 10.0. The molecule has 0 fully saturated rings. The number of primary amides is 1. The molecule has 1 heterocycles. The zero-order valence-corrected chi connectivity index (χ0v) is 16.6. The number of hydrogen-bond donors (Lipinski definition) is 4. The van der Waals surface area contributed by atoms with Gasteiger partial charge in [-0.2, -0.15) is 0 Å². The Morgan fingerprint density at radius 3 is 2.47 bits per heavy atom. The third-order valence-corrected chi connectivity index (χ3v) is 4.44. The second-order valence-corrected chi connectivity index (χ2v) is 7.06. The lowest BCUT2D eigenvalue weighted by Crippen LogP contribution is -2.40. The number of nitrogens with two attached hydrogens (primary N) is 1. The minimum absolute atomic E-state index is 0.00270. The highest BCUT2D eigenvalue weighted by molar-refractivity contribution is 5.92. The van der Waals surface area contributed by atoms with Crippen molar-refractivity contribution < 1.29 is 14.0 Å². The van der Waals surface area contributed by atoms with E-state index >= 15 is 0 Å². The average Bonchev–Trinajstić information content (AvgIpc) is 2.71. The minimum atomic E-state index is -0.617. The van der Waals surface area contributed by atoms with E-state index in [9.17, 15) is 14.0 Å². The lowest BCUT2D eigenvalue weighted by Gasteiger charge is -2.21. The van der Waals surface area contributed by atoms with Gasteiger partial charge in [-0.15, -0.1) is 0 Å². The summed E-state index contributed by atoms with van der Waals surface area (Å²) in [5.41, 5.74) is 6.22. The fourth-order valence-corrected chi connectivity index (χ4v) is 2.92. The number of urea groups is 1. The summed E-state index contributed by atoms with van der Waals surface area (Å²) >= 11 is 0. The fraction of sp³-hybridized carbons (Fsp3) is 0.238. The zero-order valence-electron chi connectivity index (χ0n) is 16.6. The largest absolute Gasteiger partial charge is 0.368 e.